The number of rotatable bonds is 7. The summed E-state index contributed by atoms with van der Waals surface area (Å²) in [6.45, 7) is 8.76. The van der Waals surface area contributed by atoms with E-state index in [0.29, 0.717) is 5.78 Å². The number of likely N-dealkylation sites (tertiary alicyclic amines) is 1. The first-order valence-corrected chi connectivity index (χ1v) is 7.05. The van der Waals surface area contributed by atoms with Crippen LogP contribution in [-0.2, 0) is 4.79 Å². The van der Waals surface area contributed by atoms with Crippen LogP contribution in [0.5, 0.6) is 0 Å². The lowest BCUT2D eigenvalue weighted by Crippen LogP contribution is -2.43. The molecule has 0 bridgehead atoms. The molecule has 0 spiro atoms. The predicted molar refractivity (Wildman–Crippen MR) is 72.3 cm³/mol. The maximum Gasteiger partial charge on any atom is 0.129 e. The summed E-state index contributed by atoms with van der Waals surface area (Å²) in [4.78, 5) is 15.9. The topological polar surface area (TPSA) is 23.6 Å². The van der Waals surface area contributed by atoms with Gasteiger partial charge in [0.2, 0.25) is 0 Å². The SMILES string of the molecule is CCN1CCC(N(C)CCCCC(C)=O)CC1. The average molecular weight is 240 g/mol. The Morgan fingerprint density at radius 1 is 1.29 bits per heavy atom. The van der Waals surface area contributed by atoms with Crippen molar-refractivity contribution in [1.82, 2.24) is 9.80 Å². The molecule has 3 heteroatoms. The first-order chi connectivity index (χ1) is 8.13. The van der Waals surface area contributed by atoms with E-state index in [-0.39, 0.29) is 0 Å². The molecule has 0 aromatic rings. The highest BCUT2D eigenvalue weighted by atomic mass is 16.1. The molecule has 0 aliphatic carbocycles. The molecule has 1 aliphatic rings. The number of unbranched alkanes of at least 4 members (excludes halogenated alkanes) is 1. The van der Waals surface area contributed by atoms with Gasteiger partial charge in [0, 0.05) is 12.5 Å². The van der Waals surface area contributed by atoms with Gasteiger partial charge in [-0.3, -0.25) is 0 Å². The van der Waals surface area contributed by atoms with Gasteiger partial charge >= 0.3 is 0 Å². The predicted octanol–water partition coefficient (Wildman–Crippen LogP) is 2.16. The van der Waals surface area contributed by atoms with E-state index in [0.717, 1.165) is 31.8 Å². The molecular formula is C14H28N2O. The monoisotopic (exact) mass is 240 g/mol. The molecule has 1 saturated heterocycles. The highest BCUT2D eigenvalue weighted by Crippen LogP contribution is 2.15. The molecular weight excluding hydrogens is 212 g/mol. The second-order valence-corrected chi connectivity index (χ2v) is 5.31. The van der Waals surface area contributed by atoms with Crippen molar-refractivity contribution < 1.29 is 4.79 Å². The summed E-state index contributed by atoms with van der Waals surface area (Å²) >= 11 is 0. The van der Waals surface area contributed by atoms with Crippen molar-refractivity contribution in [2.24, 2.45) is 0 Å². The summed E-state index contributed by atoms with van der Waals surface area (Å²) in [7, 11) is 2.24. The van der Waals surface area contributed by atoms with Crippen LogP contribution < -0.4 is 0 Å². The number of ketones is 1. The summed E-state index contributed by atoms with van der Waals surface area (Å²) in [5, 5.41) is 0. The van der Waals surface area contributed by atoms with Crippen LogP contribution in [0.4, 0.5) is 0 Å². The maximum absolute atomic E-state index is 10.8. The molecule has 0 saturated carbocycles. The summed E-state index contributed by atoms with van der Waals surface area (Å²) in [6.07, 6.45) is 5.56. The Kier molecular flexibility index (Phi) is 6.75. The Balaban J connectivity index is 2.11. The van der Waals surface area contributed by atoms with Crippen molar-refractivity contribution in [2.45, 2.75) is 52.0 Å². The molecule has 1 aliphatic heterocycles. The van der Waals surface area contributed by atoms with Gasteiger partial charge in [-0.2, -0.15) is 0 Å². The molecule has 1 fully saturated rings. The van der Waals surface area contributed by atoms with Crippen LogP contribution in [0.3, 0.4) is 0 Å². The third-order valence-corrected chi connectivity index (χ3v) is 3.92. The zero-order valence-electron chi connectivity index (χ0n) is 11.7. The molecule has 0 unspecified atom stereocenters. The van der Waals surface area contributed by atoms with Gasteiger partial charge in [-0.15, -0.1) is 0 Å². The molecule has 17 heavy (non-hydrogen) atoms. The lowest BCUT2D eigenvalue weighted by Gasteiger charge is -2.36. The number of carbonyl (C=O) groups excluding carboxylic acids is 1. The van der Waals surface area contributed by atoms with Gasteiger partial charge in [0.05, 0.1) is 0 Å². The van der Waals surface area contributed by atoms with Crippen molar-refractivity contribution in [3.8, 4) is 0 Å². The molecule has 0 radical (unpaired) electrons. The third kappa shape index (κ3) is 5.64. The minimum absolute atomic E-state index is 0.323. The van der Waals surface area contributed by atoms with E-state index in [9.17, 15) is 4.79 Å². The number of hydrogen-bond acceptors (Lipinski definition) is 3. The fourth-order valence-electron chi connectivity index (χ4n) is 2.59. The molecule has 0 N–H and O–H groups in total. The first kappa shape index (κ1) is 14.7. The van der Waals surface area contributed by atoms with Crippen LogP contribution in [-0.4, -0.2) is 54.9 Å². The minimum Gasteiger partial charge on any atom is -0.303 e. The number of carbonyl (C=O) groups is 1. The van der Waals surface area contributed by atoms with Gasteiger partial charge in [-0.25, -0.2) is 0 Å². The second-order valence-electron chi connectivity index (χ2n) is 5.31. The van der Waals surface area contributed by atoms with Gasteiger partial charge in [0.25, 0.3) is 0 Å². The zero-order valence-corrected chi connectivity index (χ0v) is 11.7. The highest BCUT2D eigenvalue weighted by Gasteiger charge is 2.20. The van der Waals surface area contributed by atoms with Gasteiger partial charge in [0.15, 0.2) is 0 Å². The zero-order chi connectivity index (χ0) is 12.7. The fraction of sp³-hybridized carbons (Fsp3) is 0.929. The van der Waals surface area contributed by atoms with Crippen molar-refractivity contribution >= 4 is 5.78 Å². The molecule has 0 aromatic heterocycles. The van der Waals surface area contributed by atoms with Gasteiger partial charge in [-0.1, -0.05) is 6.92 Å². The van der Waals surface area contributed by atoms with E-state index in [1.165, 1.54) is 32.5 Å². The van der Waals surface area contributed by atoms with Crippen LogP contribution in [0, 0.1) is 0 Å². The lowest BCUT2D eigenvalue weighted by molar-refractivity contribution is -0.117. The summed E-state index contributed by atoms with van der Waals surface area (Å²) in [6, 6.07) is 0.759. The Labute approximate surface area is 106 Å². The lowest BCUT2D eigenvalue weighted by atomic mass is 10.0. The van der Waals surface area contributed by atoms with E-state index in [1.807, 2.05) is 0 Å². The quantitative estimate of drug-likeness (QED) is 0.637. The Hall–Kier alpha value is -0.410. The smallest absolute Gasteiger partial charge is 0.129 e. The van der Waals surface area contributed by atoms with Gasteiger partial charge in [0.1, 0.15) is 5.78 Å². The highest BCUT2D eigenvalue weighted by molar-refractivity contribution is 5.75. The van der Waals surface area contributed by atoms with Crippen molar-refractivity contribution in [3.63, 3.8) is 0 Å². The molecule has 0 aromatic carbocycles. The molecule has 3 nitrogen and oxygen atoms in total. The molecule has 0 amide bonds. The van der Waals surface area contributed by atoms with Crippen LogP contribution >= 0.6 is 0 Å². The van der Waals surface area contributed by atoms with Gasteiger partial charge in [-0.05, 0) is 65.8 Å². The van der Waals surface area contributed by atoms with Crippen LogP contribution in [0.2, 0.25) is 0 Å². The minimum atomic E-state index is 0.323. The first-order valence-electron chi connectivity index (χ1n) is 7.05. The van der Waals surface area contributed by atoms with E-state index < -0.39 is 0 Å². The number of piperidine rings is 1. The van der Waals surface area contributed by atoms with E-state index in [2.05, 4.69) is 23.8 Å². The number of Topliss-reactive ketones (excluding diaryl/α,β-unsaturated/α-hetero) is 1. The summed E-state index contributed by atoms with van der Waals surface area (Å²) in [5.41, 5.74) is 0. The van der Waals surface area contributed by atoms with Crippen LogP contribution in [0.25, 0.3) is 0 Å². The third-order valence-electron chi connectivity index (χ3n) is 3.92. The second kappa shape index (κ2) is 7.83. The molecule has 0 atom stereocenters. The Morgan fingerprint density at radius 3 is 2.47 bits per heavy atom. The molecule has 100 valence electrons. The van der Waals surface area contributed by atoms with E-state index >= 15 is 0 Å². The van der Waals surface area contributed by atoms with Crippen molar-refractivity contribution in [1.29, 1.82) is 0 Å². The summed E-state index contributed by atoms with van der Waals surface area (Å²) < 4.78 is 0. The fourth-order valence-corrected chi connectivity index (χ4v) is 2.59. The maximum atomic E-state index is 10.8. The standard InChI is InChI=1S/C14H28N2O/c1-4-16-11-8-14(9-12-16)15(3)10-6-5-7-13(2)17/h14H,4-12H2,1-3H3. The largest absolute Gasteiger partial charge is 0.303 e. The normalized spacial score (nSPS) is 18.8. The Bertz CT molecular complexity index is 222. The number of hydrogen-bond donors (Lipinski definition) is 0. The van der Waals surface area contributed by atoms with Crippen LogP contribution in [0.1, 0.15) is 46.0 Å². The summed E-state index contributed by atoms with van der Waals surface area (Å²) in [5.74, 6) is 0.323. The molecule has 1 rings (SSSR count). The van der Waals surface area contributed by atoms with Gasteiger partial charge < -0.3 is 14.6 Å². The van der Waals surface area contributed by atoms with Crippen LogP contribution in [0.15, 0.2) is 0 Å². The van der Waals surface area contributed by atoms with Crippen molar-refractivity contribution in [3.05, 3.63) is 0 Å². The van der Waals surface area contributed by atoms with Crippen molar-refractivity contribution in [2.75, 3.05) is 33.2 Å². The average Bonchev–Trinajstić information content (AvgIpc) is 2.34. The molecule has 1 heterocycles. The number of nitrogens with zero attached hydrogens (tertiary/aromatic N) is 2. The van der Waals surface area contributed by atoms with E-state index in [1.54, 1.807) is 6.92 Å². The van der Waals surface area contributed by atoms with E-state index in [4.69, 9.17) is 0 Å². The Morgan fingerprint density at radius 2 is 1.94 bits per heavy atom.